The Morgan fingerprint density at radius 3 is 2.86 bits per heavy atom. The van der Waals surface area contributed by atoms with Crippen LogP contribution in [0, 0.1) is 6.92 Å². The van der Waals surface area contributed by atoms with Gasteiger partial charge in [0.15, 0.2) is 5.82 Å². The van der Waals surface area contributed by atoms with E-state index in [4.69, 9.17) is 15.0 Å². The van der Waals surface area contributed by atoms with Crippen molar-refractivity contribution in [2.75, 3.05) is 17.7 Å². The summed E-state index contributed by atoms with van der Waals surface area (Å²) in [6.07, 6.45) is 1.88. The number of hydrogen-bond acceptors (Lipinski definition) is 5. The van der Waals surface area contributed by atoms with Gasteiger partial charge in [-0.15, -0.1) is 0 Å². The molecule has 0 bridgehead atoms. The molecule has 0 radical (unpaired) electrons. The monoisotopic (exact) mass is 303 g/mol. The van der Waals surface area contributed by atoms with Crippen LogP contribution in [0.4, 0.5) is 11.5 Å². The highest BCUT2D eigenvalue weighted by molar-refractivity contribution is 5.89. The molecule has 22 heavy (non-hydrogen) atoms. The van der Waals surface area contributed by atoms with Gasteiger partial charge in [0, 0.05) is 12.5 Å². The van der Waals surface area contributed by atoms with Crippen LogP contribution in [0.1, 0.15) is 31.1 Å². The second-order valence-corrected chi connectivity index (χ2v) is 5.09. The number of nitrogens with one attached hydrogen (secondary N) is 1. The van der Waals surface area contributed by atoms with Gasteiger partial charge in [-0.05, 0) is 37.5 Å². The van der Waals surface area contributed by atoms with Crippen molar-refractivity contribution in [1.29, 1.82) is 0 Å². The summed E-state index contributed by atoms with van der Waals surface area (Å²) in [6.45, 7) is 4.45. The van der Waals surface area contributed by atoms with E-state index in [0.29, 0.717) is 42.5 Å². The predicted molar refractivity (Wildman–Crippen MR) is 84.8 cm³/mol. The summed E-state index contributed by atoms with van der Waals surface area (Å²) in [5.41, 5.74) is 7.54. The predicted octanol–water partition coefficient (Wildman–Crippen LogP) is 2.93. The largest absolute Gasteiger partial charge is 0.491 e. The molecule has 1 amide bonds. The average Bonchev–Trinajstić information content (AvgIpc) is 2.89. The van der Waals surface area contributed by atoms with Crippen molar-refractivity contribution in [3.05, 3.63) is 35.6 Å². The third-order valence-corrected chi connectivity index (χ3v) is 3.07. The van der Waals surface area contributed by atoms with Gasteiger partial charge in [0.25, 0.3) is 0 Å². The minimum absolute atomic E-state index is 0.113. The van der Waals surface area contributed by atoms with Gasteiger partial charge in [-0.2, -0.15) is 0 Å². The van der Waals surface area contributed by atoms with Crippen LogP contribution >= 0.6 is 0 Å². The lowest BCUT2D eigenvalue weighted by molar-refractivity contribution is -0.116. The van der Waals surface area contributed by atoms with Crippen molar-refractivity contribution in [2.24, 2.45) is 0 Å². The lowest BCUT2D eigenvalue weighted by atomic mass is 10.1. The first-order chi connectivity index (χ1) is 10.6. The van der Waals surface area contributed by atoms with Crippen molar-refractivity contribution in [3.8, 4) is 5.75 Å². The number of nitrogen functional groups attached to an aromatic ring is 1. The first-order valence-electron chi connectivity index (χ1n) is 7.33. The molecule has 0 fully saturated rings. The van der Waals surface area contributed by atoms with Gasteiger partial charge in [0.05, 0.1) is 12.3 Å². The maximum absolute atomic E-state index is 11.8. The van der Waals surface area contributed by atoms with Crippen LogP contribution in [0.15, 0.2) is 28.8 Å². The Hall–Kier alpha value is -2.50. The number of aromatic nitrogens is 1. The van der Waals surface area contributed by atoms with E-state index in [0.717, 1.165) is 12.0 Å². The molecule has 0 spiro atoms. The minimum atomic E-state index is -0.113. The van der Waals surface area contributed by atoms with Crippen molar-refractivity contribution in [1.82, 2.24) is 5.16 Å². The Morgan fingerprint density at radius 2 is 2.23 bits per heavy atom. The minimum Gasteiger partial charge on any atom is -0.491 e. The van der Waals surface area contributed by atoms with Crippen LogP contribution in [0.25, 0.3) is 0 Å². The normalized spacial score (nSPS) is 10.5. The smallest absolute Gasteiger partial charge is 0.225 e. The summed E-state index contributed by atoms with van der Waals surface area (Å²) in [5.74, 6) is 1.67. The highest BCUT2D eigenvalue weighted by atomic mass is 16.5. The van der Waals surface area contributed by atoms with Crippen LogP contribution in [-0.2, 0) is 11.2 Å². The molecule has 3 N–H and O–H groups in total. The fourth-order valence-corrected chi connectivity index (χ4v) is 1.99. The lowest BCUT2D eigenvalue weighted by Crippen LogP contribution is -2.12. The van der Waals surface area contributed by atoms with Crippen LogP contribution in [-0.4, -0.2) is 17.7 Å². The molecule has 0 saturated heterocycles. The Morgan fingerprint density at radius 1 is 1.41 bits per heavy atom. The summed E-state index contributed by atoms with van der Waals surface area (Å²) < 4.78 is 10.4. The number of rotatable bonds is 7. The maximum Gasteiger partial charge on any atom is 0.225 e. The van der Waals surface area contributed by atoms with Gasteiger partial charge >= 0.3 is 0 Å². The summed E-state index contributed by atoms with van der Waals surface area (Å²) in [6, 6.07) is 7.29. The second-order valence-electron chi connectivity index (χ2n) is 5.09. The molecule has 1 heterocycles. The summed E-state index contributed by atoms with van der Waals surface area (Å²) >= 11 is 0. The molecular formula is C16H21N3O3. The molecule has 0 aliphatic heterocycles. The van der Waals surface area contributed by atoms with Gasteiger partial charge < -0.3 is 20.3 Å². The number of benzene rings is 1. The maximum atomic E-state index is 11.8. The van der Waals surface area contributed by atoms with Crippen molar-refractivity contribution in [3.63, 3.8) is 0 Å². The van der Waals surface area contributed by atoms with Crippen LogP contribution < -0.4 is 15.8 Å². The molecule has 0 aliphatic carbocycles. The summed E-state index contributed by atoms with van der Waals surface area (Å²) in [7, 11) is 0. The molecule has 2 aromatic rings. The van der Waals surface area contributed by atoms with Crippen LogP contribution in [0.3, 0.4) is 0 Å². The van der Waals surface area contributed by atoms with Gasteiger partial charge in [0.2, 0.25) is 5.91 Å². The van der Waals surface area contributed by atoms with Crippen molar-refractivity contribution in [2.45, 2.75) is 33.1 Å². The van der Waals surface area contributed by atoms with E-state index in [1.54, 1.807) is 13.0 Å². The molecule has 118 valence electrons. The number of aryl methyl sites for hydroxylation is 2. The molecule has 0 aliphatic rings. The number of carbonyl (C=O) groups excluding carboxylic acids is 1. The standard InChI is InChI=1S/C16H21N3O3/c1-3-8-21-14-6-4-12(10-13(14)17)5-7-16(20)18-15-9-11(2)22-19-15/h4,6,9-10H,3,5,7-8,17H2,1-2H3,(H,18,19,20). The Balaban J connectivity index is 1.85. The summed E-state index contributed by atoms with van der Waals surface area (Å²) in [4.78, 5) is 11.8. The van der Waals surface area contributed by atoms with E-state index in [2.05, 4.69) is 10.5 Å². The van der Waals surface area contributed by atoms with Crippen molar-refractivity contribution >= 4 is 17.4 Å². The molecule has 0 saturated carbocycles. The number of amides is 1. The fraction of sp³-hybridized carbons (Fsp3) is 0.375. The molecular weight excluding hydrogens is 282 g/mol. The van der Waals surface area contributed by atoms with Crippen LogP contribution in [0.2, 0.25) is 0 Å². The Labute approximate surface area is 129 Å². The number of hydrogen-bond donors (Lipinski definition) is 2. The molecule has 6 nitrogen and oxygen atoms in total. The highest BCUT2D eigenvalue weighted by Gasteiger charge is 2.08. The van der Waals surface area contributed by atoms with Gasteiger partial charge in [-0.25, -0.2) is 0 Å². The number of nitrogens with two attached hydrogens (primary N) is 1. The van der Waals surface area contributed by atoms with Gasteiger partial charge in [-0.3, -0.25) is 4.79 Å². The molecule has 0 unspecified atom stereocenters. The molecule has 2 rings (SSSR count). The second kappa shape index (κ2) is 7.49. The molecule has 0 atom stereocenters. The van der Waals surface area contributed by atoms with E-state index in [9.17, 15) is 4.79 Å². The molecule has 1 aromatic carbocycles. The quantitative estimate of drug-likeness (QED) is 0.767. The lowest BCUT2D eigenvalue weighted by Gasteiger charge is -2.09. The first-order valence-corrected chi connectivity index (χ1v) is 7.33. The number of anilines is 2. The Bertz CT molecular complexity index is 637. The summed E-state index contributed by atoms with van der Waals surface area (Å²) in [5, 5.41) is 6.41. The zero-order valence-electron chi connectivity index (χ0n) is 12.9. The number of ether oxygens (including phenoxy) is 1. The Kier molecular flexibility index (Phi) is 5.41. The fourth-order valence-electron chi connectivity index (χ4n) is 1.99. The zero-order chi connectivity index (χ0) is 15.9. The van der Waals surface area contributed by atoms with E-state index in [-0.39, 0.29) is 5.91 Å². The van der Waals surface area contributed by atoms with Crippen molar-refractivity contribution < 1.29 is 14.1 Å². The third kappa shape index (κ3) is 4.51. The first kappa shape index (κ1) is 15.9. The topological polar surface area (TPSA) is 90.4 Å². The van der Waals surface area contributed by atoms with E-state index < -0.39 is 0 Å². The van der Waals surface area contributed by atoms with Crippen LogP contribution in [0.5, 0.6) is 5.75 Å². The van der Waals surface area contributed by atoms with Gasteiger partial charge in [-0.1, -0.05) is 18.1 Å². The number of nitrogens with zero attached hydrogens (tertiary/aromatic N) is 1. The average molecular weight is 303 g/mol. The molecule has 1 aromatic heterocycles. The molecule has 6 heteroatoms. The highest BCUT2D eigenvalue weighted by Crippen LogP contribution is 2.23. The van der Waals surface area contributed by atoms with Gasteiger partial charge in [0.1, 0.15) is 11.5 Å². The SMILES string of the molecule is CCCOc1ccc(CCC(=O)Nc2cc(C)on2)cc1N. The third-order valence-electron chi connectivity index (χ3n) is 3.07. The van der Waals surface area contributed by atoms with E-state index in [1.807, 2.05) is 25.1 Å². The zero-order valence-corrected chi connectivity index (χ0v) is 12.9. The van der Waals surface area contributed by atoms with E-state index in [1.165, 1.54) is 0 Å². The number of carbonyl (C=O) groups is 1. The van der Waals surface area contributed by atoms with E-state index >= 15 is 0 Å².